The van der Waals surface area contributed by atoms with Gasteiger partial charge in [-0.25, -0.2) is 0 Å². The molecule has 1 unspecified atom stereocenters. The summed E-state index contributed by atoms with van der Waals surface area (Å²) in [4.78, 5) is 16.9. The van der Waals surface area contributed by atoms with Crippen LogP contribution in [0.15, 0.2) is 28.8 Å². The molecule has 1 aliphatic heterocycles. The Morgan fingerprint density at radius 1 is 1.41 bits per heavy atom. The molecule has 27 heavy (non-hydrogen) atoms. The van der Waals surface area contributed by atoms with Crippen LogP contribution in [-0.2, 0) is 18.2 Å². The van der Waals surface area contributed by atoms with Crippen LogP contribution in [0.4, 0.5) is 0 Å². The molecule has 3 aromatic rings. The summed E-state index contributed by atoms with van der Waals surface area (Å²) >= 11 is 0. The molecule has 1 atom stereocenters. The van der Waals surface area contributed by atoms with Crippen molar-refractivity contribution in [1.29, 1.82) is 0 Å². The number of aryl methyl sites for hydroxylation is 1. The molecule has 0 saturated carbocycles. The van der Waals surface area contributed by atoms with Crippen LogP contribution < -0.4 is 10.1 Å². The van der Waals surface area contributed by atoms with E-state index >= 15 is 0 Å². The van der Waals surface area contributed by atoms with E-state index in [-0.39, 0.29) is 12.0 Å². The minimum atomic E-state index is -0.143. The molecule has 1 aromatic carbocycles. The summed E-state index contributed by atoms with van der Waals surface area (Å²) in [5, 5.41) is 7.84. The number of carbonyl (C=O) groups excluding carboxylic acids is 1. The molecule has 1 saturated heterocycles. The Bertz CT molecular complexity index is 956. The van der Waals surface area contributed by atoms with Crippen LogP contribution in [-0.4, -0.2) is 40.9 Å². The van der Waals surface area contributed by atoms with E-state index in [1.807, 2.05) is 35.9 Å². The van der Waals surface area contributed by atoms with Crippen molar-refractivity contribution in [2.24, 2.45) is 7.05 Å². The number of methoxy groups -OCH3 is 1. The molecule has 142 valence electrons. The quantitative estimate of drug-likeness (QED) is 0.716. The minimum absolute atomic E-state index is 0.0892. The molecule has 1 aliphatic rings. The van der Waals surface area contributed by atoms with Crippen molar-refractivity contribution in [3.05, 3.63) is 41.7 Å². The van der Waals surface area contributed by atoms with Crippen LogP contribution in [0.2, 0.25) is 0 Å². The number of amides is 1. The van der Waals surface area contributed by atoms with Crippen LogP contribution in [0.25, 0.3) is 10.9 Å². The van der Waals surface area contributed by atoms with Crippen LogP contribution >= 0.6 is 0 Å². The molecule has 0 aliphatic carbocycles. The van der Waals surface area contributed by atoms with Gasteiger partial charge in [0.05, 0.1) is 7.11 Å². The van der Waals surface area contributed by atoms with Crippen LogP contribution in [0, 0.1) is 0 Å². The summed E-state index contributed by atoms with van der Waals surface area (Å²) in [6, 6.07) is 7.60. The zero-order valence-electron chi connectivity index (χ0n) is 15.4. The van der Waals surface area contributed by atoms with Gasteiger partial charge in [-0.3, -0.25) is 4.79 Å². The van der Waals surface area contributed by atoms with Gasteiger partial charge in [-0.05, 0) is 37.1 Å². The molecule has 3 heterocycles. The Hall–Kier alpha value is -2.87. The number of hydrogen-bond acceptors (Lipinski definition) is 6. The second kappa shape index (κ2) is 7.40. The van der Waals surface area contributed by atoms with Crippen LogP contribution in [0.1, 0.15) is 41.1 Å². The van der Waals surface area contributed by atoms with Crippen LogP contribution in [0.5, 0.6) is 5.75 Å². The number of carbonyl (C=O) groups is 1. The van der Waals surface area contributed by atoms with Crippen molar-refractivity contribution in [3.63, 3.8) is 0 Å². The average molecular weight is 370 g/mol. The summed E-state index contributed by atoms with van der Waals surface area (Å²) in [5.41, 5.74) is 1.56. The van der Waals surface area contributed by atoms with Gasteiger partial charge in [-0.15, -0.1) is 0 Å². The highest BCUT2D eigenvalue weighted by Gasteiger charge is 2.23. The smallest absolute Gasteiger partial charge is 0.267 e. The molecule has 1 fully saturated rings. The molecule has 0 spiro atoms. The fraction of sp³-hybridized carbons (Fsp3) is 0.421. The molecule has 8 nitrogen and oxygen atoms in total. The first-order valence-corrected chi connectivity index (χ1v) is 9.01. The lowest BCUT2D eigenvalue weighted by Crippen LogP contribution is -2.27. The third kappa shape index (κ3) is 3.52. The monoisotopic (exact) mass is 370 g/mol. The van der Waals surface area contributed by atoms with E-state index in [2.05, 4.69) is 15.5 Å². The number of hydrogen-bond donors (Lipinski definition) is 1. The Labute approximate surface area is 156 Å². The summed E-state index contributed by atoms with van der Waals surface area (Å²) < 4.78 is 17.9. The Balaban J connectivity index is 1.38. The number of benzene rings is 1. The van der Waals surface area contributed by atoms with Gasteiger partial charge >= 0.3 is 0 Å². The number of nitrogens with zero attached hydrogens (tertiary/aromatic N) is 3. The summed E-state index contributed by atoms with van der Waals surface area (Å²) in [6.45, 7) is 1.16. The highest BCUT2D eigenvalue weighted by atomic mass is 16.5. The second-order valence-corrected chi connectivity index (χ2v) is 6.57. The van der Waals surface area contributed by atoms with E-state index in [0.29, 0.717) is 30.4 Å². The summed E-state index contributed by atoms with van der Waals surface area (Å²) in [5.74, 6) is 1.72. The summed E-state index contributed by atoms with van der Waals surface area (Å²) in [7, 11) is 3.50. The minimum Gasteiger partial charge on any atom is -0.497 e. The third-order valence-electron chi connectivity index (χ3n) is 4.81. The van der Waals surface area contributed by atoms with E-state index in [4.69, 9.17) is 14.0 Å². The lowest BCUT2D eigenvalue weighted by molar-refractivity contribution is 0.0835. The maximum atomic E-state index is 12.5. The first-order chi connectivity index (χ1) is 13.2. The molecule has 1 N–H and O–H groups in total. The Kier molecular flexibility index (Phi) is 4.81. The van der Waals surface area contributed by atoms with Crippen molar-refractivity contribution in [1.82, 2.24) is 20.0 Å². The maximum Gasteiger partial charge on any atom is 0.267 e. The van der Waals surface area contributed by atoms with Gasteiger partial charge in [-0.1, -0.05) is 5.16 Å². The average Bonchev–Trinajstić information content (AvgIpc) is 3.41. The molecule has 1 amide bonds. The molecule has 2 aromatic heterocycles. The predicted molar refractivity (Wildman–Crippen MR) is 97.7 cm³/mol. The Morgan fingerprint density at radius 2 is 2.30 bits per heavy atom. The van der Waals surface area contributed by atoms with E-state index in [1.54, 1.807) is 7.11 Å². The topological polar surface area (TPSA) is 91.4 Å². The lowest BCUT2D eigenvalue weighted by Gasteiger charge is -2.05. The zero-order chi connectivity index (χ0) is 18.8. The van der Waals surface area contributed by atoms with Crippen LogP contribution in [0.3, 0.4) is 0 Å². The molecule has 4 rings (SSSR count). The van der Waals surface area contributed by atoms with Crippen molar-refractivity contribution >= 4 is 16.8 Å². The normalized spacial score (nSPS) is 16.7. The SMILES string of the molecule is COc1ccc2c(c1)cc(C(=O)NCCc1noc(C3CCCO3)n1)n2C. The first-order valence-electron chi connectivity index (χ1n) is 9.01. The van der Waals surface area contributed by atoms with Gasteiger partial charge in [0.25, 0.3) is 11.8 Å². The fourth-order valence-corrected chi connectivity index (χ4v) is 3.32. The third-order valence-corrected chi connectivity index (χ3v) is 4.81. The standard InChI is InChI=1S/C19H22N4O4/c1-23-14-6-5-13(25-2)10-12(14)11-15(23)18(24)20-8-7-17-21-19(27-22-17)16-4-3-9-26-16/h5-6,10-11,16H,3-4,7-9H2,1-2H3,(H,20,24). The maximum absolute atomic E-state index is 12.5. The number of ether oxygens (including phenoxy) is 2. The number of nitrogens with one attached hydrogen (secondary N) is 1. The highest BCUT2D eigenvalue weighted by molar-refractivity contribution is 5.99. The molecule has 8 heteroatoms. The zero-order valence-corrected chi connectivity index (χ0v) is 15.4. The van der Waals surface area contributed by atoms with Crippen molar-refractivity contribution in [2.75, 3.05) is 20.3 Å². The summed E-state index contributed by atoms with van der Waals surface area (Å²) in [6.07, 6.45) is 2.33. The van der Waals surface area contributed by atoms with E-state index < -0.39 is 0 Å². The van der Waals surface area contributed by atoms with Gasteiger partial charge < -0.3 is 23.9 Å². The van der Waals surface area contributed by atoms with Gasteiger partial charge in [0, 0.05) is 37.5 Å². The first kappa shape index (κ1) is 17.5. The lowest BCUT2D eigenvalue weighted by atomic mass is 10.2. The van der Waals surface area contributed by atoms with E-state index in [9.17, 15) is 4.79 Å². The van der Waals surface area contributed by atoms with Gasteiger partial charge in [0.1, 0.15) is 17.5 Å². The molecule has 0 radical (unpaired) electrons. The highest BCUT2D eigenvalue weighted by Crippen LogP contribution is 2.27. The molecular formula is C19H22N4O4. The van der Waals surface area contributed by atoms with Crippen molar-refractivity contribution in [2.45, 2.75) is 25.4 Å². The number of aromatic nitrogens is 3. The van der Waals surface area contributed by atoms with E-state index in [1.165, 1.54) is 0 Å². The van der Waals surface area contributed by atoms with Gasteiger partial charge in [0.2, 0.25) is 0 Å². The van der Waals surface area contributed by atoms with Gasteiger partial charge in [0.15, 0.2) is 5.82 Å². The van der Waals surface area contributed by atoms with Crippen molar-refractivity contribution in [3.8, 4) is 5.75 Å². The molecular weight excluding hydrogens is 348 g/mol. The number of fused-ring (bicyclic) bond motifs is 1. The van der Waals surface area contributed by atoms with E-state index in [0.717, 1.165) is 36.1 Å². The fourth-order valence-electron chi connectivity index (χ4n) is 3.32. The Morgan fingerprint density at radius 3 is 3.07 bits per heavy atom. The van der Waals surface area contributed by atoms with Gasteiger partial charge in [-0.2, -0.15) is 4.98 Å². The van der Waals surface area contributed by atoms with Crippen molar-refractivity contribution < 1.29 is 18.8 Å². The largest absolute Gasteiger partial charge is 0.497 e. The molecule has 0 bridgehead atoms. The second-order valence-electron chi connectivity index (χ2n) is 6.57. The predicted octanol–water partition coefficient (Wildman–Crippen LogP) is 2.39. The number of rotatable bonds is 6.